The zero-order valence-electron chi connectivity index (χ0n) is 15.8. The second-order valence-electron chi connectivity index (χ2n) is 6.52. The molecule has 2 heterocycles. The van der Waals surface area contributed by atoms with E-state index in [9.17, 15) is 9.59 Å². The lowest BCUT2D eigenvalue weighted by atomic mass is 10.1. The molecule has 0 spiro atoms. The molecule has 2 amide bonds. The molecular formula is C22H19ClN2O3S. The van der Waals surface area contributed by atoms with Crippen LogP contribution in [0.3, 0.4) is 0 Å². The van der Waals surface area contributed by atoms with Crippen molar-refractivity contribution in [2.75, 3.05) is 13.2 Å². The maximum Gasteiger partial charge on any atom is 0.293 e. The molecule has 0 aliphatic carbocycles. The van der Waals surface area contributed by atoms with Gasteiger partial charge in [-0.1, -0.05) is 29.8 Å². The van der Waals surface area contributed by atoms with Crippen molar-refractivity contribution >= 4 is 51.5 Å². The van der Waals surface area contributed by atoms with E-state index in [1.54, 1.807) is 25.1 Å². The van der Waals surface area contributed by atoms with Crippen LogP contribution in [0.2, 0.25) is 5.02 Å². The molecule has 0 saturated carbocycles. The Morgan fingerprint density at radius 2 is 1.86 bits per heavy atom. The minimum absolute atomic E-state index is 0.219. The third-order valence-corrected chi connectivity index (χ3v) is 5.87. The number of amides is 2. The first-order valence-electron chi connectivity index (χ1n) is 9.28. The molecule has 7 heteroatoms. The number of carbonyl (C=O) groups is 2. The van der Waals surface area contributed by atoms with Gasteiger partial charge in [-0.3, -0.25) is 14.5 Å². The molecule has 5 nitrogen and oxygen atoms in total. The third-order valence-electron chi connectivity index (χ3n) is 4.71. The van der Waals surface area contributed by atoms with Crippen LogP contribution in [0.1, 0.15) is 12.5 Å². The highest BCUT2D eigenvalue weighted by Crippen LogP contribution is 2.34. The largest absolute Gasteiger partial charge is 0.492 e. The Hall–Kier alpha value is -2.70. The Morgan fingerprint density at radius 3 is 2.59 bits per heavy atom. The number of nitrogens with zero attached hydrogens (tertiary/aromatic N) is 2. The van der Waals surface area contributed by atoms with Gasteiger partial charge in [0.1, 0.15) is 12.4 Å². The van der Waals surface area contributed by atoms with Crippen molar-refractivity contribution in [2.45, 2.75) is 13.5 Å². The lowest BCUT2D eigenvalue weighted by Gasteiger charge is -2.08. The van der Waals surface area contributed by atoms with Gasteiger partial charge in [-0.2, -0.15) is 0 Å². The summed E-state index contributed by atoms with van der Waals surface area (Å²) in [6, 6.07) is 15.3. The van der Waals surface area contributed by atoms with Crippen molar-refractivity contribution < 1.29 is 14.3 Å². The number of benzene rings is 2. The quantitative estimate of drug-likeness (QED) is 0.493. The first-order valence-corrected chi connectivity index (χ1v) is 10.5. The summed E-state index contributed by atoms with van der Waals surface area (Å²) >= 11 is 6.89. The van der Waals surface area contributed by atoms with Gasteiger partial charge in [-0.05, 0) is 55.1 Å². The lowest BCUT2D eigenvalue weighted by molar-refractivity contribution is -0.122. The Morgan fingerprint density at radius 1 is 1.10 bits per heavy atom. The van der Waals surface area contributed by atoms with Crippen LogP contribution in [-0.2, 0) is 11.3 Å². The number of likely N-dealkylation sites (N-methyl/N-ethyl adjacent to an activating group) is 1. The second kappa shape index (κ2) is 8.35. The highest BCUT2D eigenvalue weighted by molar-refractivity contribution is 8.18. The fourth-order valence-corrected chi connectivity index (χ4v) is 4.30. The van der Waals surface area contributed by atoms with E-state index in [4.69, 9.17) is 16.3 Å². The number of thioether (sulfide) groups is 1. The van der Waals surface area contributed by atoms with Crippen molar-refractivity contribution in [3.05, 3.63) is 70.2 Å². The van der Waals surface area contributed by atoms with Gasteiger partial charge in [0.15, 0.2) is 0 Å². The summed E-state index contributed by atoms with van der Waals surface area (Å²) in [7, 11) is 0. The van der Waals surface area contributed by atoms with E-state index in [1.165, 1.54) is 4.90 Å². The lowest BCUT2D eigenvalue weighted by Crippen LogP contribution is -2.27. The molecule has 0 N–H and O–H groups in total. The van der Waals surface area contributed by atoms with Crippen LogP contribution in [0.15, 0.2) is 59.6 Å². The fraction of sp³-hybridized carbons (Fsp3) is 0.182. The molecule has 0 unspecified atom stereocenters. The molecule has 1 aliphatic heterocycles. The van der Waals surface area contributed by atoms with Crippen LogP contribution in [-0.4, -0.2) is 33.8 Å². The van der Waals surface area contributed by atoms with Gasteiger partial charge < -0.3 is 9.30 Å². The zero-order valence-corrected chi connectivity index (χ0v) is 17.4. The maximum atomic E-state index is 12.4. The van der Waals surface area contributed by atoms with Gasteiger partial charge in [0, 0.05) is 34.2 Å². The van der Waals surface area contributed by atoms with Gasteiger partial charge in [0.25, 0.3) is 11.1 Å². The van der Waals surface area contributed by atoms with Crippen LogP contribution in [0, 0.1) is 0 Å². The predicted molar refractivity (Wildman–Crippen MR) is 117 cm³/mol. The number of fused-ring (bicyclic) bond motifs is 1. The summed E-state index contributed by atoms with van der Waals surface area (Å²) in [5, 5.41) is 1.48. The highest BCUT2D eigenvalue weighted by atomic mass is 35.5. The zero-order chi connectivity index (χ0) is 20.4. The van der Waals surface area contributed by atoms with Gasteiger partial charge in [-0.15, -0.1) is 0 Å². The van der Waals surface area contributed by atoms with Gasteiger partial charge >= 0.3 is 0 Å². The minimum atomic E-state index is -0.231. The summed E-state index contributed by atoms with van der Waals surface area (Å²) in [5.74, 6) is 0.532. The standard InChI is InChI=1S/C22H19ClN2O3S/c1-2-25-21(26)20(29-22(25)27)13-15-14-24(19-6-4-3-5-18(15)19)11-12-28-17-9-7-16(23)8-10-17/h3-10,13-14H,2,11-12H2,1H3/b20-13+. The van der Waals surface area contributed by atoms with Gasteiger partial charge in [-0.25, -0.2) is 0 Å². The summed E-state index contributed by atoms with van der Waals surface area (Å²) in [6.45, 7) is 3.32. The Balaban J connectivity index is 1.57. The number of ether oxygens (including phenoxy) is 1. The molecule has 4 rings (SSSR count). The smallest absolute Gasteiger partial charge is 0.293 e. The molecule has 0 atom stereocenters. The first kappa shape index (κ1) is 19.6. The number of halogens is 1. The van der Waals surface area contributed by atoms with Crippen molar-refractivity contribution in [1.82, 2.24) is 9.47 Å². The fourth-order valence-electron chi connectivity index (χ4n) is 3.28. The van der Waals surface area contributed by atoms with E-state index in [0.29, 0.717) is 29.6 Å². The maximum absolute atomic E-state index is 12.4. The number of carbonyl (C=O) groups excluding carboxylic acids is 2. The number of imide groups is 1. The number of aromatic nitrogens is 1. The van der Waals surface area contributed by atoms with E-state index in [-0.39, 0.29) is 11.1 Å². The third kappa shape index (κ3) is 4.04. The molecule has 29 heavy (non-hydrogen) atoms. The average Bonchev–Trinajstić information content (AvgIpc) is 3.20. The predicted octanol–water partition coefficient (Wildman–Crippen LogP) is 5.43. The van der Waals surface area contributed by atoms with Crippen molar-refractivity contribution in [1.29, 1.82) is 0 Å². The average molecular weight is 427 g/mol. The van der Waals surface area contributed by atoms with Crippen molar-refractivity contribution in [2.24, 2.45) is 0 Å². The number of para-hydroxylation sites is 1. The van der Waals surface area contributed by atoms with Crippen molar-refractivity contribution in [3.63, 3.8) is 0 Å². The van der Waals surface area contributed by atoms with Crippen LogP contribution in [0.4, 0.5) is 4.79 Å². The summed E-state index contributed by atoms with van der Waals surface area (Å²) < 4.78 is 7.91. The second-order valence-corrected chi connectivity index (χ2v) is 7.95. The molecule has 2 aromatic carbocycles. The highest BCUT2D eigenvalue weighted by Gasteiger charge is 2.33. The molecule has 1 aliphatic rings. The summed E-state index contributed by atoms with van der Waals surface area (Å²) in [5.41, 5.74) is 1.96. The minimum Gasteiger partial charge on any atom is -0.492 e. The summed E-state index contributed by atoms with van der Waals surface area (Å²) in [4.78, 5) is 26.1. The number of hydrogen-bond acceptors (Lipinski definition) is 4. The van der Waals surface area contributed by atoms with E-state index < -0.39 is 0 Å². The Kier molecular flexibility index (Phi) is 5.65. The molecule has 0 radical (unpaired) electrons. The molecule has 148 valence electrons. The normalized spacial score (nSPS) is 15.7. The molecule has 1 aromatic heterocycles. The topological polar surface area (TPSA) is 51.5 Å². The van der Waals surface area contributed by atoms with Crippen LogP contribution >= 0.6 is 23.4 Å². The SMILES string of the molecule is CCN1C(=O)S/C(=C/c2cn(CCOc3ccc(Cl)cc3)c3ccccc23)C1=O. The van der Waals surface area contributed by atoms with Gasteiger partial charge in [0.05, 0.1) is 11.4 Å². The molecule has 0 bridgehead atoms. The van der Waals surface area contributed by atoms with Crippen LogP contribution in [0.5, 0.6) is 5.75 Å². The van der Waals surface area contributed by atoms with Crippen molar-refractivity contribution in [3.8, 4) is 5.75 Å². The van der Waals surface area contributed by atoms with E-state index >= 15 is 0 Å². The monoisotopic (exact) mass is 426 g/mol. The van der Waals surface area contributed by atoms with Crippen LogP contribution < -0.4 is 4.74 Å². The number of hydrogen-bond donors (Lipinski definition) is 0. The molecule has 1 saturated heterocycles. The summed E-state index contributed by atoms with van der Waals surface area (Å²) in [6.07, 6.45) is 3.80. The van der Waals surface area contributed by atoms with Gasteiger partial charge in [0.2, 0.25) is 0 Å². The molecular weight excluding hydrogens is 408 g/mol. The van der Waals surface area contributed by atoms with Crippen LogP contribution in [0.25, 0.3) is 17.0 Å². The number of rotatable bonds is 6. The Bertz CT molecular complexity index is 1100. The molecule has 1 fully saturated rings. The molecule has 3 aromatic rings. The van der Waals surface area contributed by atoms with E-state index in [0.717, 1.165) is 34.0 Å². The first-order chi connectivity index (χ1) is 14.1. The Labute approximate surface area is 177 Å². The van der Waals surface area contributed by atoms with E-state index in [2.05, 4.69) is 4.57 Å². The van der Waals surface area contributed by atoms with E-state index in [1.807, 2.05) is 42.6 Å².